The van der Waals surface area contributed by atoms with Crippen LogP contribution in [0.1, 0.15) is 5.56 Å². The van der Waals surface area contributed by atoms with Crippen LogP contribution in [0.15, 0.2) is 41.1 Å². The molecule has 0 unspecified atom stereocenters. The Hall–Kier alpha value is -2.34. The van der Waals surface area contributed by atoms with E-state index in [0.29, 0.717) is 11.5 Å². The monoisotopic (exact) mass is 385 g/mol. The topological polar surface area (TPSA) is 47.5 Å². The van der Waals surface area contributed by atoms with Crippen LogP contribution in [0.3, 0.4) is 0 Å². The molecule has 4 rings (SSSR count). The molecule has 24 heavy (non-hydrogen) atoms. The van der Waals surface area contributed by atoms with E-state index in [2.05, 4.69) is 42.9 Å². The van der Waals surface area contributed by atoms with Crippen LogP contribution in [0.4, 0.5) is 11.5 Å². The molecular weight excluding hydrogens is 370 g/mol. The highest BCUT2D eigenvalue weighted by Crippen LogP contribution is 2.41. The molecule has 3 aromatic rings. The second kappa shape index (κ2) is 5.94. The number of benzene rings is 2. The summed E-state index contributed by atoms with van der Waals surface area (Å²) in [7, 11) is 3.26. The van der Waals surface area contributed by atoms with E-state index in [9.17, 15) is 0 Å². The van der Waals surface area contributed by atoms with Crippen LogP contribution in [0.2, 0.25) is 0 Å². The Morgan fingerprint density at radius 3 is 2.67 bits per heavy atom. The number of ether oxygens (including phenoxy) is 2. The van der Waals surface area contributed by atoms with Gasteiger partial charge in [0.1, 0.15) is 12.1 Å². The third-order valence-corrected chi connectivity index (χ3v) is 5.09. The molecule has 122 valence electrons. The van der Waals surface area contributed by atoms with E-state index >= 15 is 0 Å². The summed E-state index contributed by atoms with van der Waals surface area (Å²) in [4.78, 5) is 11.2. The molecule has 6 heteroatoms. The number of fused-ring (bicyclic) bond motifs is 2. The number of rotatable bonds is 3. The highest BCUT2D eigenvalue weighted by Gasteiger charge is 2.25. The summed E-state index contributed by atoms with van der Waals surface area (Å²) in [6, 6.07) is 10.1. The molecule has 1 aliphatic rings. The van der Waals surface area contributed by atoms with Crippen molar-refractivity contribution < 1.29 is 9.47 Å². The quantitative estimate of drug-likeness (QED) is 0.678. The number of halogens is 1. The van der Waals surface area contributed by atoms with Gasteiger partial charge >= 0.3 is 0 Å². The number of aromatic nitrogens is 2. The lowest BCUT2D eigenvalue weighted by Crippen LogP contribution is -2.15. The van der Waals surface area contributed by atoms with Crippen molar-refractivity contribution in [2.75, 3.05) is 25.7 Å². The van der Waals surface area contributed by atoms with Gasteiger partial charge < -0.3 is 14.4 Å². The van der Waals surface area contributed by atoms with Gasteiger partial charge in [-0.25, -0.2) is 9.97 Å². The van der Waals surface area contributed by atoms with Crippen LogP contribution < -0.4 is 14.4 Å². The normalized spacial score (nSPS) is 13.2. The van der Waals surface area contributed by atoms with E-state index in [1.54, 1.807) is 20.5 Å². The molecule has 2 heterocycles. The maximum Gasteiger partial charge on any atom is 0.162 e. The highest BCUT2D eigenvalue weighted by atomic mass is 79.9. The first kappa shape index (κ1) is 15.2. The van der Waals surface area contributed by atoms with Gasteiger partial charge in [-0.15, -0.1) is 0 Å². The van der Waals surface area contributed by atoms with Crippen molar-refractivity contribution in [3.8, 4) is 11.5 Å². The largest absolute Gasteiger partial charge is 0.493 e. The van der Waals surface area contributed by atoms with Crippen molar-refractivity contribution in [3.63, 3.8) is 0 Å². The average Bonchev–Trinajstić information content (AvgIpc) is 3.05. The SMILES string of the molecule is COc1cc2ncnc(N3CCc4c(Br)cccc43)c2cc1OC. The second-order valence-corrected chi connectivity index (χ2v) is 6.42. The van der Waals surface area contributed by atoms with Crippen molar-refractivity contribution in [2.45, 2.75) is 6.42 Å². The van der Waals surface area contributed by atoms with Crippen molar-refractivity contribution in [1.29, 1.82) is 0 Å². The zero-order chi connectivity index (χ0) is 16.7. The van der Waals surface area contributed by atoms with Gasteiger partial charge in [0.15, 0.2) is 11.5 Å². The molecule has 0 spiro atoms. The van der Waals surface area contributed by atoms with Gasteiger partial charge in [-0.2, -0.15) is 0 Å². The van der Waals surface area contributed by atoms with E-state index in [4.69, 9.17) is 9.47 Å². The molecule has 0 N–H and O–H groups in total. The number of anilines is 2. The molecule has 0 bridgehead atoms. The smallest absolute Gasteiger partial charge is 0.162 e. The third kappa shape index (κ3) is 2.29. The minimum absolute atomic E-state index is 0.666. The fourth-order valence-electron chi connectivity index (χ4n) is 3.20. The van der Waals surface area contributed by atoms with Crippen LogP contribution in [0, 0.1) is 0 Å². The number of hydrogen-bond acceptors (Lipinski definition) is 5. The molecule has 0 radical (unpaired) electrons. The van der Waals surface area contributed by atoms with Crippen molar-refractivity contribution in [2.24, 2.45) is 0 Å². The predicted molar refractivity (Wildman–Crippen MR) is 97.5 cm³/mol. The van der Waals surface area contributed by atoms with Gasteiger partial charge in [0.25, 0.3) is 0 Å². The van der Waals surface area contributed by atoms with Gasteiger partial charge in [-0.1, -0.05) is 22.0 Å². The molecule has 0 amide bonds. The van der Waals surface area contributed by atoms with E-state index in [1.807, 2.05) is 18.2 Å². The summed E-state index contributed by atoms with van der Waals surface area (Å²) in [5.41, 5.74) is 3.32. The molecule has 2 aromatic carbocycles. The summed E-state index contributed by atoms with van der Waals surface area (Å²) in [6.45, 7) is 0.887. The summed E-state index contributed by atoms with van der Waals surface area (Å²) >= 11 is 3.64. The number of nitrogens with zero attached hydrogens (tertiary/aromatic N) is 3. The first-order chi connectivity index (χ1) is 11.7. The fraction of sp³-hybridized carbons (Fsp3) is 0.222. The maximum atomic E-state index is 5.44. The second-order valence-electron chi connectivity index (χ2n) is 5.56. The van der Waals surface area contributed by atoms with Crippen LogP contribution in [0.5, 0.6) is 11.5 Å². The maximum absolute atomic E-state index is 5.44. The van der Waals surface area contributed by atoms with Crippen molar-refractivity contribution >= 4 is 38.3 Å². The third-order valence-electron chi connectivity index (χ3n) is 4.35. The molecule has 0 fully saturated rings. The van der Waals surface area contributed by atoms with Crippen LogP contribution in [-0.4, -0.2) is 30.7 Å². The number of hydrogen-bond donors (Lipinski definition) is 0. The summed E-state index contributed by atoms with van der Waals surface area (Å²) in [5.74, 6) is 2.23. The van der Waals surface area contributed by atoms with Gasteiger partial charge in [0.05, 0.1) is 19.7 Å². The zero-order valence-corrected chi connectivity index (χ0v) is 15.0. The Balaban J connectivity index is 1.91. The van der Waals surface area contributed by atoms with E-state index in [1.165, 1.54) is 11.3 Å². The Bertz CT molecular complexity index is 930. The Morgan fingerprint density at radius 2 is 1.88 bits per heavy atom. The Labute approximate surface area is 148 Å². The molecule has 1 aliphatic heterocycles. The minimum Gasteiger partial charge on any atom is -0.493 e. The van der Waals surface area contributed by atoms with Gasteiger partial charge in [-0.05, 0) is 30.2 Å². The van der Waals surface area contributed by atoms with Crippen LogP contribution >= 0.6 is 15.9 Å². The van der Waals surface area contributed by atoms with E-state index in [-0.39, 0.29) is 0 Å². The predicted octanol–water partition coefficient (Wildman–Crippen LogP) is 4.10. The van der Waals surface area contributed by atoms with Crippen LogP contribution in [-0.2, 0) is 6.42 Å². The molecule has 0 saturated carbocycles. The van der Waals surface area contributed by atoms with Gasteiger partial charge in [-0.3, -0.25) is 0 Å². The molecule has 1 aromatic heterocycles. The van der Waals surface area contributed by atoms with Gasteiger partial charge in [0.2, 0.25) is 0 Å². The first-order valence-electron chi connectivity index (χ1n) is 7.64. The lowest BCUT2D eigenvalue weighted by molar-refractivity contribution is 0.356. The molecule has 0 atom stereocenters. The average molecular weight is 386 g/mol. The first-order valence-corrected chi connectivity index (χ1v) is 8.44. The zero-order valence-electron chi connectivity index (χ0n) is 13.4. The fourth-order valence-corrected chi connectivity index (χ4v) is 3.75. The lowest BCUT2D eigenvalue weighted by atomic mass is 10.1. The van der Waals surface area contributed by atoms with E-state index in [0.717, 1.165) is 34.2 Å². The van der Waals surface area contributed by atoms with E-state index < -0.39 is 0 Å². The summed E-state index contributed by atoms with van der Waals surface area (Å²) in [5, 5.41) is 0.947. The van der Waals surface area contributed by atoms with Crippen LogP contribution in [0.25, 0.3) is 10.9 Å². The highest BCUT2D eigenvalue weighted by molar-refractivity contribution is 9.10. The molecule has 0 aliphatic carbocycles. The lowest BCUT2D eigenvalue weighted by Gasteiger charge is -2.20. The Kier molecular flexibility index (Phi) is 3.76. The standard InChI is InChI=1S/C18H16BrN3O2/c1-23-16-8-12-14(9-17(16)24-2)20-10-21-18(12)22-7-6-11-13(19)4-3-5-15(11)22/h3-5,8-10H,6-7H2,1-2H3. The molecule has 0 saturated heterocycles. The van der Waals surface area contributed by atoms with Gasteiger partial charge in [0, 0.05) is 28.2 Å². The number of methoxy groups -OCH3 is 2. The van der Waals surface area contributed by atoms with Crippen molar-refractivity contribution in [1.82, 2.24) is 9.97 Å². The summed E-state index contributed by atoms with van der Waals surface area (Å²) < 4.78 is 12.0. The minimum atomic E-state index is 0.666. The van der Waals surface area contributed by atoms with Crippen molar-refractivity contribution in [3.05, 3.63) is 46.7 Å². The Morgan fingerprint density at radius 1 is 1.08 bits per heavy atom. The molecular formula is C18H16BrN3O2. The summed E-state index contributed by atoms with van der Waals surface area (Å²) in [6.07, 6.45) is 2.58. The molecule has 5 nitrogen and oxygen atoms in total.